The number of benzene rings is 2. The van der Waals surface area contributed by atoms with Crippen molar-refractivity contribution in [3.05, 3.63) is 59.1 Å². The molecule has 8 heteroatoms. The molecule has 1 amide bonds. The number of piperazine rings is 1. The van der Waals surface area contributed by atoms with Crippen molar-refractivity contribution in [2.45, 2.75) is 13.0 Å². The van der Waals surface area contributed by atoms with Crippen LogP contribution < -0.4 is 10.2 Å². The van der Waals surface area contributed by atoms with Crippen molar-refractivity contribution in [3.8, 4) is 28.6 Å². The highest BCUT2D eigenvalue weighted by atomic mass is 35.5. The van der Waals surface area contributed by atoms with Crippen LogP contribution in [0.1, 0.15) is 17.3 Å². The maximum atomic E-state index is 12.3. The Morgan fingerprint density at radius 2 is 1.94 bits per heavy atom. The molecular weight excluding hydrogens is 424 g/mol. The number of hydrogen-bond donors (Lipinski definition) is 2. The predicted molar refractivity (Wildman–Crippen MR) is 127 cm³/mol. The fraction of sp³-hybridized carbons (Fsp3) is 0.292. The van der Waals surface area contributed by atoms with Crippen LogP contribution in [0.25, 0.3) is 22.5 Å². The standard InChI is InChI=1S/C24H25ClN6O/c1-16(15-26)27-24(32)19-5-3-4-17(12-19)21-14-22(29-28-21)18-6-7-23(20(25)13-18)31-10-8-30(2)9-11-31/h3-7,12-14,16H,8-11H2,1-2H3,(H,27,32)(H,28,29)/t16-/m1/s1. The zero-order valence-electron chi connectivity index (χ0n) is 18.1. The normalized spacial score (nSPS) is 15.2. The summed E-state index contributed by atoms with van der Waals surface area (Å²) in [6.07, 6.45) is 0. The molecule has 0 radical (unpaired) electrons. The van der Waals surface area contributed by atoms with Gasteiger partial charge in [0.25, 0.3) is 5.91 Å². The minimum atomic E-state index is -0.554. The number of aromatic amines is 1. The lowest BCUT2D eigenvalue weighted by molar-refractivity contribution is 0.0948. The van der Waals surface area contributed by atoms with E-state index in [1.165, 1.54) is 0 Å². The Morgan fingerprint density at radius 3 is 2.66 bits per heavy atom. The lowest BCUT2D eigenvalue weighted by atomic mass is 10.1. The van der Waals surface area contributed by atoms with Crippen LogP contribution in [0, 0.1) is 11.3 Å². The number of amides is 1. The van der Waals surface area contributed by atoms with Gasteiger partial charge in [-0.2, -0.15) is 10.4 Å². The van der Waals surface area contributed by atoms with Crippen molar-refractivity contribution in [1.82, 2.24) is 20.4 Å². The van der Waals surface area contributed by atoms with Gasteiger partial charge in [0.15, 0.2) is 0 Å². The minimum absolute atomic E-state index is 0.289. The summed E-state index contributed by atoms with van der Waals surface area (Å²) in [4.78, 5) is 17.0. The number of carbonyl (C=O) groups excluding carboxylic acids is 1. The molecule has 32 heavy (non-hydrogen) atoms. The average Bonchev–Trinajstić information content (AvgIpc) is 3.30. The molecule has 2 aromatic carbocycles. The second kappa shape index (κ2) is 9.43. The van der Waals surface area contributed by atoms with Gasteiger partial charge in [0.05, 0.1) is 28.2 Å². The number of nitriles is 1. The van der Waals surface area contributed by atoms with E-state index in [-0.39, 0.29) is 5.91 Å². The van der Waals surface area contributed by atoms with Crippen molar-refractivity contribution in [2.24, 2.45) is 0 Å². The fourth-order valence-corrected chi connectivity index (χ4v) is 4.03. The van der Waals surface area contributed by atoms with Gasteiger partial charge in [-0.3, -0.25) is 9.89 Å². The van der Waals surface area contributed by atoms with Crippen molar-refractivity contribution in [3.63, 3.8) is 0 Å². The molecule has 1 aliphatic rings. The van der Waals surface area contributed by atoms with Gasteiger partial charge in [0, 0.05) is 42.9 Å². The summed E-state index contributed by atoms with van der Waals surface area (Å²) in [5.41, 5.74) is 4.86. The summed E-state index contributed by atoms with van der Waals surface area (Å²) in [5.74, 6) is -0.289. The highest BCUT2D eigenvalue weighted by Crippen LogP contribution is 2.32. The van der Waals surface area contributed by atoms with Gasteiger partial charge >= 0.3 is 0 Å². The first-order valence-corrected chi connectivity index (χ1v) is 10.9. The summed E-state index contributed by atoms with van der Waals surface area (Å²) < 4.78 is 0. The number of hydrogen-bond acceptors (Lipinski definition) is 5. The number of nitrogens with zero attached hydrogens (tertiary/aromatic N) is 4. The molecule has 4 rings (SSSR count). The average molecular weight is 449 g/mol. The molecular formula is C24H25ClN6O. The molecule has 0 spiro atoms. The second-order valence-electron chi connectivity index (χ2n) is 8.03. The van der Waals surface area contributed by atoms with Gasteiger partial charge in [-0.1, -0.05) is 29.8 Å². The second-order valence-corrected chi connectivity index (χ2v) is 8.44. The fourth-order valence-electron chi connectivity index (χ4n) is 3.73. The van der Waals surface area contributed by atoms with Gasteiger partial charge in [-0.05, 0) is 44.3 Å². The summed E-state index contributed by atoms with van der Waals surface area (Å²) >= 11 is 6.62. The number of halogens is 1. The lowest BCUT2D eigenvalue weighted by Crippen LogP contribution is -2.44. The Labute approximate surface area is 192 Å². The van der Waals surface area contributed by atoms with Crippen LogP contribution in [-0.2, 0) is 0 Å². The summed E-state index contributed by atoms with van der Waals surface area (Å²) in [7, 11) is 2.13. The summed E-state index contributed by atoms with van der Waals surface area (Å²) in [6.45, 7) is 5.60. The zero-order valence-corrected chi connectivity index (χ0v) is 18.9. The Bertz CT molecular complexity index is 1160. The molecule has 1 atom stereocenters. The molecule has 0 bridgehead atoms. The number of likely N-dealkylation sites (N-methyl/N-ethyl adjacent to an activating group) is 1. The van der Waals surface area contributed by atoms with Crippen LogP contribution in [0.3, 0.4) is 0 Å². The first-order chi connectivity index (χ1) is 15.4. The highest BCUT2D eigenvalue weighted by molar-refractivity contribution is 6.33. The van der Waals surface area contributed by atoms with Gasteiger partial charge in [-0.25, -0.2) is 0 Å². The number of carbonyl (C=O) groups is 1. The minimum Gasteiger partial charge on any atom is -0.368 e. The number of H-pyrrole nitrogens is 1. The molecule has 3 aromatic rings. The van der Waals surface area contributed by atoms with E-state index in [2.05, 4.69) is 38.4 Å². The Hall–Kier alpha value is -3.34. The van der Waals surface area contributed by atoms with E-state index < -0.39 is 6.04 Å². The van der Waals surface area contributed by atoms with Crippen molar-refractivity contribution in [1.29, 1.82) is 5.26 Å². The maximum Gasteiger partial charge on any atom is 0.252 e. The molecule has 2 N–H and O–H groups in total. The van der Waals surface area contributed by atoms with Gasteiger partial charge in [0.1, 0.15) is 6.04 Å². The van der Waals surface area contributed by atoms with E-state index in [1.807, 2.05) is 30.3 Å². The molecule has 1 saturated heterocycles. The third-order valence-electron chi connectivity index (χ3n) is 5.64. The van der Waals surface area contributed by atoms with Crippen LogP contribution in [0.5, 0.6) is 0 Å². The van der Waals surface area contributed by atoms with E-state index in [0.717, 1.165) is 54.4 Å². The Balaban J connectivity index is 1.53. The number of rotatable bonds is 5. The largest absolute Gasteiger partial charge is 0.368 e. The highest BCUT2D eigenvalue weighted by Gasteiger charge is 2.17. The topological polar surface area (TPSA) is 88.0 Å². The van der Waals surface area contributed by atoms with Crippen molar-refractivity contribution in [2.75, 3.05) is 38.1 Å². The van der Waals surface area contributed by atoms with Gasteiger partial charge < -0.3 is 15.1 Å². The van der Waals surface area contributed by atoms with Crippen LogP contribution in [0.15, 0.2) is 48.5 Å². The first kappa shape index (κ1) is 21.9. The lowest BCUT2D eigenvalue weighted by Gasteiger charge is -2.34. The van der Waals surface area contributed by atoms with E-state index in [0.29, 0.717) is 10.6 Å². The van der Waals surface area contributed by atoms with Crippen LogP contribution in [0.4, 0.5) is 5.69 Å². The molecule has 0 aliphatic carbocycles. The molecule has 1 aromatic heterocycles. The molecule has 0 saturated carbocycles. The van der Waals surface area contributed by atoms with Crippen LogP contribution in [0.2, 0.25) is 5.02 Å². The first-order valence-electron chi connectivity index (χ1n) is 10.5. The quantitative estimate of drug-likeness (QED) is 0.620. The van der Waals surface area contributed by atoms with Gasteiger partial charge in [0.2, 0.25) is 0 Å². The predicted octanol–water partition coefficient (Wildman–Crippen LogP) is 3.79. The number of anilines is 1. The van der Waals surface area contributed by atoms with E-state index in [4.69, 9.17) is 16.9 Å². The third kappa shape index (κ3) is 4.77. The van der Waals surface area contributed by atoms with Crippen molar-refractivity contribution < 1.29 is 4.79 Å². The Kier molecular flexibility index (Phi) is 6.45. The molecule has 2 heterocycles. The SMILES string of the molecule is C[C@H](C#N)NC(=O)c1cccc(-c2cc(-c3ccc(N4CCN(C)CC4)c(Cl)c3)[nH]n2)c1. The Morgan fingerprint density at radius 1 is 1.16 bits per heavy atom. The monoisotopic (exact) mass is 448 g/mol. The van der Waals surface area contributed by atoms with E-state index in [9.17, 15) is 4.79 Å². The van der Waals surface area contributed by atoms with Crippen molar-refractivity contribution >= 4 is 23.2 Å². The summed E-state index contributed by atoms with van der Waals surface area (Å²) in [5, 5.41) is 19.8. The molecule has 164 valence electrons. The smallest absolute Gasteiger partial charge is 0.252 e. The zero-order chi connectivity index (χ0) is 22.7. The molecule has 1 aliphatic heterocycles. The van der Waals surface area contributed by atoms with Crippen LogP contribution in [-0.4, -0.2) is 60.3 Å². The van der Waals surface area contributed by atoms with E-state index >= 15 is 0 Å². The number of aromatic nitrogens is 2. The summed E-state index contributed by atoms with van der Waals surface area (Å²) in [6, 6.07) is 16.6. The van der Waals surface area contributed by atoms with Gasteiger partial charge in [-0.15, -0.1) is 0 Å². The number of nitrogens with one attached hydrogen (secondary N) is 2. The maximum absolute atomic E-state index is 12.3. The third-order valence-corrected chi connectivity index (χ3v) is 5.95. The van der Waals surface area contributed by atoms with Crippen LogP contribution >= 0.6 is 11.6 Å². The molecule has 7 nitrogen and oxygen atoms in total. The van der Waals surface area contributed by atoms with E-state index in [1.54, 1.807) is 25.1 Å². The molecule has 1 fully saturated rings. The molecule has 0 unspecified atom stereocenters.